The molecule has 0 bridgehead atoms. The topological polar surface area (TPSA) is 55.7 Å². The molecule has 4 nitrogen and oxygen atoms in total. The first-order chi connectivity index (χ1) is 14.7. The van der Waals surface area contributed by atoms with E-state index in [1.165, 1.54) is 18.4 Å². The van der Waals surface area contributed by atoms with E-state index in [0.717, 1.165) is 38.0 Å². The third-order valence-corrected chi connectivity index (χ3v) is 7.62. The Balaban J connectivity index is 1.22. The van der Waals surface area contributed by atoms with Crippen LogP contribution in [0.15, 0.2) is 60.7 Å². The Morgan fingerprint density at radius 3 is 2.10 bits per heavy atom. The lowest BCUT2D eigenvalue weighted by Crippen LogP contribution is -2.45. The highest BCUT2D eigenvalue weighted by molar-refractivity contribution is 5.23. The highest BCUT2D eigenvalue weighted by Crippen LogP contribution is 2.47. The van der Waals surface area contributed by atoms with Crippen LogP contribution in [0, 0.1) is 17.8 Å². The van der Waals surface area contributed by atoms with Crippen LogP contribution in [0.2, 0.25) is 0 Å². The smallest absolute Gasteiger partial charge is 0.0995 e. The molecule has 1 saturated heterocycles. The number of hydrogen-bond acceptors (Lipinski definition) is 4. The van der Waals surface area contributed by atoms with Gasteiger partial charge in [0.25, 0.3) is 0 Å². The van der Waals surface area contributed by atoms with Gasteiger partial charge in [0.05, 0.1) is 18.2 Å². The Labute approximate surface area is 179 Å². The van der Waals surface area contributed by atoms with Crippen molar-refractivity contribution in [2.45, 2.75) is 56.5 Å². The van der Waals surface area contributed by atoms with Crippen molar-refractivity contribution in [1.82, 2.24) is 10.2 Å². The molecule has 0 radical (unpaired) electrons. The zero-order valence-corrected chi connectivity index (χ0v) is 17.6. The normalized spacial score (nSPS) is 29.5. The van der Waals surface area contributed by atoms with Crippen molar-refractivity contribution in [3.05, 3.63) is 71.8 Å². The van der Waals surface area contributed by atoms with Crippen LogP contribution in [0.3, 0.4) is 0 Å². The molecule has 160 valence electrons. The number of benzene rings is 2. The summed E-state index contributed by atoms with van der Waals surface area (Å²) in [6, 6.07) is 21.1. The highest BCUT2D eigenvalue weighted by atomic mass is 16.3. The molecule has 2 aliphatic carbocycles. The standard InChI is InChI=1S/C26H34N2O2/c29-25(20-13-7-8-14-20)26(30)23(19-11-5-2-6-12-19)27-24-21-16-28(17-22(21)24)15-18-9-3-1-4-10-18/h1-6,9-12,20-27,29-30H,7-8,13-17H2. The number of likely N-dealkylation sites (tertiary alicyclic amines) is 1. The van der Waals surface area contributed by atoms with E-state index in [4.69, 9.17) is 0 Å². The van der Waals surface area contributed by atoms with Crippen molar-refractivity contribution in [1.29, 1.82) is 0 Å². The zero-order valence-electron chi connectivity index (χ0n) is 17.6. The van der Waals surface area contributed by atoms with Crippen LogP contribution in [0.5, 0.6) is 0 Å². The van der Waals surface area contributed by atoms with E-state index in [1.54, 1.807) is 0 Å². The molecule has 5 unspecified atom stereocenters. The summed E-state index contributed by atoms with van der Waals surface area (Å²) in [7, 11) is 0. The molecule has 30 heavy (non-hydrogen) atoms. The summed E-state index contributed by atoms with van der Waals surface area (Å²) < 4.78 is 0. The lowest BCUT2D eigenvalue weighted by Gasteiger charge is -2.32. The molecule has 0 amide bonds. The Morgan fingerprint density at radius 1 is 0.867 bits per heavy atom. The molecule has 0 spiro atoms. The van der Waals surface area contributed by atoms with Gasteiger partial charge in [-0.05, 0) is 41.7 Å². The van der Waals surface area contributed by atoms with E-state index in [-0.39, 0.29) is 12.0 Å². The summed E-state index contributed by atoms with van der Waals surface area (Å²) in [5.74, 6) is 1.53. The monoisotopic (exact) mass is 406 g/mol. The summed E-state index contributed by atoms with van der Waals surface area (Å²) in [5.41, 5.74) is 2.45. The van der Waals surface area contributed by atoms with E-state index < -0.39 is 12.2 Å². The zero-order chi connectivity index (χ0) is 20.5. The second kappa shape index (κ2) is 8.80. The fourth-order valence-electron chi connectivity index (χ4n) is 5.87. The first kappa shape index (κ1) is 20.2. The lowest BCUT2D eigenvalue weighted by atomic mass is 9.89. The van der Waals surface area contributed by atoms with Gasteiger partial charge in [-0.15, -0.1) is 0 Å². The molecule has 2 aromatic carbocycles. The minimum Gasteiger partial charge on any atom is -0.390 e. The van der Waals surface area contributed by atoms with E-state index in [2.05, 4.69) is 52.7 Å². The van der Waals surface area contributed by atoms with E-state index >= 15 is 0 Å². The van der Waals surface area contributed by atoms with Crippen LogP contribution < -0.4 is 5.32 Å². The third kappa shape index (κ3) is 4.19. The number of nitrogens with zero attached hydrogens (tertiary/aromatic N) is 1. The van der Waals surface area contributed by atoms with Crippen molar-refractivity contribution in [2.24, 2.45) is 17.8 Å². The number of aliphatic hydroxyl groups is 2. The van der Waals surface area contributed by atoms with Crippen LogP contribution >= 0.6 is 0 Å². The summed E-state index contributed by atoms with van der Waals surface area (Å²) in [6.45, 7) is 3.24. The lowest BCUT2D eigenvalue weighted by molar-refractivity contribution is -0.0364. The molecule has 0 aromatic heterocycles. The molecule has 1 aliphatic heterocycles. The summed E-state index contributed by atoms with van der Waals surface area (Å²) in [5, 5.41) is 25.8. The summed E-state index contributed by atoms with van der Waals surface area (Å²) in [4.78, 5) is 2.55. The van der Waals surface area contributed by atoms with Crippen LogP contribution in [-0.2, 0) is 6.54 Å². The maximum Gasteiger partial charge on any atom is 0.0995 e. The van der Waals surface area contributed by atoms with Gasteiger partial charge in [-0.3, -0.25) is 4.90 Å². The maximum absolute atomic E-state index is 11.2. The number of nitrogens with one attached hydrogen (secondary N) is 1. The molecule has 4 heteroatoms. The number of hydrogen-bond donors (Lipinski definition) is 3. The average Bonchev–Trinajstić information content (AvgIpc) is 3.17. The Bertz CT molecular complexity index is 796. The third-order valence-electron chi connectivity index (χ3n) is 7.62. The Kier molecular flexibility index (Phi) is 5.92. The van der Waals surface area contributed by atoms with Crippen LogP contribution in [-0.4, -0.2) is 46.5 Å². The van der Waals surface area contributed by atoms with Crippen molar-refractivity contribution in [3.63, 3.8) is 0 Å². The fourth-order valence-corrected chi connectivity index (χ4v) is 5.87. The van der Waals surface area contributed by atoms with Crippen LogP contribution in [0.1, 0.15) is 42.9 Å². The van der Waals surface area contributed by atoms with Gasteiger partial charge in [0, 0.05) is 25.7 Å². The van der Waals surface area contributed by atoms with Gasteiger partial charge in [-0.1, -0.05) is 73.5 Å². The molecule has 1 heterocycles. The number of fused-ring (bicyclic) bond motifs is 1. The van der Waals surface area contributed by atoms with E-state index in [9.17, 15) is 10.2 Å². The first-order valence-electron chi connectivity index (χ1n) is 11.6. The second-order valence-corrected chi connectivity index (χ2v) is 9.61. The molecular weight excluding hydrogens is 372 g/mol. The molecule has 3 aliphatic rings. The fraction of sp³-hybridized carbons (Fsp3) is 0.538. The number of rotatable bonds is 8. The van der Waals surface area contributed by atoms with Crippen molar-refractivity contribution in [2.75, 3.05) is 13.1 Å². The van der Waals surface area contributed by atoms with Crippen molar-refractivity contribution < 1.29 is 10.2 Å². The molecule has 5 atom stereocenters. The summed E-state index contributed by atoms with van der Waals surface area (Å²) >= 11 is 0. The van der Waals surface area contributed by atoms with Gasteiger partial charge in [0.1, 0.15) is 0 Å². The predicted octanol–water partition coefficient (Wildman–Crippen LogP) is 3.36. The van der Waals surface area contributed by atoms with Crippen LogP contribution in [0.4, 0.5) is 0 Å². The molecule has 3 fully saturated rings. The largest absolute Gasteiger partial charge is 0.390 e. The predicted molar refractivity (Wildman–Crippen MR) is 119 cm³/mol. The quantitative estimate of drug-likeness (QED) is 0.629. The maximum atomic E-state index is 11.2. The van der Waals surface area contributed by atoms with E-state index in [0.29, 0.717) is 17.9 Å². The number of piperidine rings is 1. The van der Waals surface area contributed by atoms with Crippen LogP contribution in [0.25, 0.3) is 0 Å². The Morgan fingerprint density at radius 2 is 1.47 bits per heavy atom. The van der Waals surface area contributed by atoms with Gasteiger partial charge < -0.3 is 15.5 Å². The first-order valence-corrected chi connectivity index (χ1v) is 11.6. The molecule has 2 saturated carbocycles. The van der Waals surface area contributed by atoms with Gasteiger partial charge >= 0.3 is 0 Å². The molecule has 5 rings (SSSR count). The minimum atomic E-state index is -0.766. The minimum absolute atomic E-state index is 0.208. The molecule has 3 N–H and O–H groups in total. The average molecular weight is 407 g/mol. The van der Waals surface area contributed by atoms with Crippen molar-refractivity contribution in [3.8, 4) is 0 Å². The summed E-state index contributed by atoms with van der Waals surface area (Å²) in [6.07, 6.45) is 2.98. The molecule has 2 aromatic rings. The SMILES string of the molecule is OC(C1CCCC1)C(O)C(NC1C2CN(Cc3ccccc3)CC21)c1ccccc1. The van der Waals surface area contributed by atoms with Gasteiger partial charge in [0.2, 0.25) is 0 Å². The van der Waals surface area contributed by atoms with Gasteiger partial charge in [0.15, 0.2) is 0 Å². The number of aliphatic hydroxyl groups excluding tert-OH is 2. The second-order valence-electron chi connectivity index (χ2n) is 9.61. The van der Waals surface area contributed by atoms with Gasteiger partial charge in [-0.25, -0.2) is 0 Å². The van der Waals surface area contributed by atoms with Gasteiger partial charge in [-0.2, -0.15) is 0 Å². The van der Waals surface area contributed by atoms with Crippen molar-refractivity contribution >= 4 is 0 Å². The van der Waals surface area contributed by atoms with E-state index in [1.807, 2.05) is 18.2 Å². The Hall–Kier alpha value is -1.72. The molecular formula is C26H34N2O2. The highest BCUT2D eigenvalue weighted by Gasteiger charge is 2.56.